The van der Waals surface area contributed by atoms with Gasteiger partial charge in [0.25, 0.3) is 0 Å². The smallest absolute Gasteiger partial charge is 0.222 e. The third kappa shape index (κ3) is 5.78. The number of unbranched alkanes of at least 4 members (excludes halogenated alkanes) is 1. The lowest BCUT2D eigenvalue weighted by Gasteiger charge is -2.28. The zero-order chi connectivity index (χ0) is 17.4. The molecule has 0 aliphatic carbocycles. The summed E-state index contributed by atoms with van der Waals surface area (Å²) in [6.45, 7) is 6.19. The van der Waals surface area contributed by atoms with Crippen molar-refractivity contribution in [2.75, 3.05) is 13.1 Å². The van der Waals surface area contributed by atoms with Crippen LogP contribution >= 0.6 is 0 Å². The predicted octanol–water partition coefficient (Wildman–Crippen LogP) is 4.13. The maximum atomic E-state index is 12.4. The Morgan fingerprint density at radius 3 is 1.54 bits per heavy atom. The van der Waals surface area contributed by atoms with E-state index in [1.165, 1.54) is 25.7 Å². The van der Waals surface area contributed by atoms with Crippen LogP contribution in [0.4, 0.5) is 0 Å². The Morgan fingerprint density at radius 2 is 1.12 bits per heavy atom. The van der Waals surface area contributed by atoms with Gasteiger partial charge < -0.3 is 9.80 Å². The second-order valence-corrected chi connectivity index (χ2v) is 7.78. The van der Waals surface area contributed by atoms with Crippen molar-refractivity contribution in [1.29, 1.82) is 0 Å². The van der Waals surface area contributed by atoms with Crippen molar-refractivity contribution in [3.63, 3.8) is 0 Å². The Bertz CT molecular complexity index is 372. The second kappa shape index (κ2) is 10.0. The maximum Gasteiger partial charge on any atom is 0.222 e. The molecular weight excluding hydrogens is 300 g/mol. The highest BCUT2D eigenvalue weighted by Gasteiger charge is 2.23. The largest absolute Gasteiger partial charge is 0.340 e. The van der Waals surface area contributed by atoms with E-state index in [-0.39, 0.29) is 0 Å². The third-order valence-electron chi connectivity index (χ3n) is 5.78. The van der Waals surface area contributed by atoms with Gasteiger partial charge in [0.1, 0.15) is 0 Å². The zero-order valence-corrected chi connectivity index (χ0v) is 15.8. The summed E-state index contributed by atoms with van der Waals surface area (Å²) in [5.74, 6) is 0.583. The Balaban J connectivity index is 1.67. The lowest BCUT2D eigenvalue weighted by Crippen LogP contribution is -2.38. The number of amides is 2. The first-order valence-electron chi connectivity index (χ1n) is 10.2. The third-order valence-corrected chi connectivity index (χ3v) is 5.78. The zero-order valence-electron chi connectivity index (χ0n) is 15.8. The van der Waals surface area contributed by atoms with Crippen LogP contribution < -0.4 is 0 Å². The van der Waals surface area contributed by atoms with E-state index in [1.807, 2.05) is 0 Å². The summed E-state index contributed by atoms with van der Waals surface area (Å²) < 4.78 is 0. The monoisotopic (exact) mass is 336 g/mol. The van der Waals surface area contributed by atoms with Crippen molar-refractivity contribution < 1.29 is 9.59 Å². The van der Waals surface area contributed by atoms with Crippen LogP contribution in [0.5, 0.6) is 0 Å². The summed E-state index contributed by atoms with van der Waals surface area (Å²) in [6.07, 6.45) is 12.4. The van der Waals surface area contributed by atoms with Crippen molar-refractivity contribution in [2.45, 2.75) is 103 Å². The van der Waals surface area contributed by atoms with E-state index in [1.54, 1.807) is 0 Å². The topological polar surface area (TPSA) is 40.6 Å². The Kier molecular flexibility index (Phi) is 8.07. The molecule has 0 unspecified atom stereocenters. The summed E-state index contributed by atoms with van der Waals surface area (Å²) in [4.78, 5) is 29.0. The summed E-state index contributed by atoms with van der Waals surface area (Å²) >= 11 is 0. The number of likely N-dealkylation sites (tertiary alicyclic amines) is 2. The lowest BCUT2D eigenvalue weighted by atomic mass is 10.1. The number of hydrogen-bond acceptors (Lipinski definition) is 2. The quantitative estimate of drug-likeness (QED) is 0.708. The molecule has 2 fully saturated rings. The molecule has 4 heteroatoms. The van der Waals surface area contributed by atoms with E-state index in [0.29, 0.717) is 36.7 Å². The molecule has 0 radical (unpaired) electrons. The molecule has 2 amide bonds. The van der Waals surface area contributed by atoms with Crippen molar-refractivity contribution >= 4 is 11.8 Å². The molecule has 138 valence electrons. The van der Waals surface area contributed by atoms with Crippen LogP contribution in [0.25, 0.3) is 0 Å². The van der Waals surface area contributed by atoms with Gasteiger partial charge >= 0.3 is 0 Å². The summed E-state index contributed by atoms with van der Waals surface area (Å²) in [5, 5.41) is 0. The lowest BCUT2D eigenvalue weighted by molar-refractivity contribution is -0.135. The van der Waals surface area contributed by atoms with E-state index in [2.05, 4.69) is 23.6 Å². The maximum absolute atomic E-state index is 12.4. The number of carbonyl (C=O) groups is 2. The van der Waals surface area contributed by atoms with Crippen LogP contribution in [-0.2, 0) is 9.59 Å². The molecule has 0 saturated carbocycles. The fraction of sp³-hybridized carbons (Fsp3) is 0.900. The molecule has 0 aromatic rings. The second-order valence-electron chi connectivity index (χ2n) is 7.78. The summed E-state index contributed by atoms with van der Waals surface area (Å²) in [6, 6.07) is 0.777. The molecule has 0 spiro atoms. The van der Waals surface area contributed by atoms with Gasteiger partial charge in [0.15, 0.2) is 0 Å². The standard InChI is InChI=1S/C20H36N2O2/c1-17-11-5-3-9-15-21(17)19(23)13-7-8-14-20(24)22-16-10-4-6-12-18(22)2/h17-18H,3-16H2,1-2H3/t17-,18-/m1/s1. The minimum Gasteiger partial charge on any atom is -0.340 e. The van der Waals surface area contributed by atoms with Crippen LogP contribution in [0.3, 0.4) is 0 Å². The average molecular weight is 337 g/mol. The van der Waals surface area contributed by atoms with Gasteiger partial charge in [0, 0.05) is 38.0 Å². The molecule has 0 bridgehead atoms. The predicted molar refractivity (Wildman–Crippen MR) is 97.8 cm³/mol. The van der Waals surface area contributed by atoms with Crippen molar-refractivity contribution in [3.05, 3.63) is 0 Å². The highest BCUT2D eigenvalue weighted by Crippen LogP contribution is 2.20. The van der Waals surface area contributed by atoms with Crippen LogP contribution in [-0.4, -0.2) is 46.8 Å². The van der Waals surface area contributed by atoms with Gasteiger partial charge in [0.05, 0.1) is 0 Å². The molecule has 2 aliphatic heterocycles. The Morgan fingerprint density at radius 1 is 0.708 bits per heavy atom. The first kappa shape index (κ1) is 19.3. The first-order chi connectivity index (χ1) is 11.6. The first-order valence-corrected chi connectivity index (χ1v) is 10.2. The molecule has 0 N–H and O–H groups in total. The number of carbonyl (C=O) groups excluding carboxylic acids is 2. The molecule has 2 saturated heterocycles. The van der Waals surface area contributed by atoms with Gasteiger partial charge in [-0.3, -0.25) is 9.59 Å². The molecule has 0 aromatic heterocycles. The molecule has 0 aromatic carbocycles. The highest BCUT2D eigenvalue weighted by molar-refractivity contribution is 5.77. The fourth-order valence-corrected chi connectivity index (χ4v) is 4.13. The Hall–Kier alpha value is -1.06. The van der Waals surface area contributed by atoms with Crippen molar-refractivity contribution in [3.8, 4) is 0 Å². The van der Waals surface area contributed by atoms with E-state index in [4.69, 9.17) is 0 Å². The van der Waals surface area contributed by atoms with Gasteiger partial charge in [-0.1, -0.05) is 25.7 Å². The van der Waals surface area contributed by atoms with Gasteiger partial charge in [0.2, 0.25) is 11.8 Å². The molecule has 2 atom stereocenters. The molecule has 4 nitrogen and oxygen atoms in total. The number of nitrogens with zero attached hydrogens (tertiary/aromatic N) is 2. The van der Waals surface area contributed by atoms with Crippen LogP contribution in [0.1, 0.15) is 90.9 Å². The van der Waals surface area contributed by atoms with E-state index >= 15 is 0 Å². The molecule has 2 heterocycles. The minimum absolute atomic E-state index is 0.292. The van der Waals surface area contributed by atoms with Crippen LogP contribution in [0.15, 0.2) is 0 Å². The number of rotatable bonds is 5. The van der Waals surface area contributed by atoms with Gasteiger partial charge in [-0.25, -0.2) is 0 Å². The fourth-order valence-electron chi connectivity index (χ4n) is 4.13. The van der Waals surface area contributed by atoms with Gasteiger partial charge in [-0.05, 0) is 52.4 Å². The average Bonchev–Trinajstić information content (AvgIpc) is 2.91. The van der Waals surface area contributed by atoms with Crippen LogP contribution in [0.2, 0.25) is 0 Å². The Labute approximate surface area is 148 Å². The van der Waals surface area contributed by atoms with Gasteiger partial charge in [-0.15, -0.1) is 0 Å². The molecule has 2 rings (SSSR count). The van der Waals surface area contributed by atoms with Crippen molar-refractivity contribution in [1.82, 2.24) is 9.80 Å². The minimum atomic E-state index is 0.292. The highest BCUT2D eigenvalue weighted by atomic mass is 16.2. The summed E-state index contributed by atoms with van der Waals surface area (Å²) in [5.41, 5.74) is 0. The van der Waals surface area contributed by atoms with Crippen molar-refractivity contribution in [2.24, 2.45) is 0 Å². The molecular formula is C20H36N2O2. The normalized spacial score (nSPS) is 25.9. The number of hydrogen-bond donors (Lipinski definition) is 0. The van der Waals surface area contributed by atoms with Crippen LogP contribution in [0, 0.1) is 0 Å². The van der Waals surface area contributed by atoms with Gasteiger partial charge in [-0.2, -0.15) is 0 Å². The molecule has 2 aliphatic rings. The van der Waals surface area contributed by atoms with E-state index in [0.717, 1.165) is 51.6 Å². The molecule has 24 heavy (non-hydrogen) atoms. The SMILES string of the molecule is C[C@@H]1CCCCCN1C(=O)CCCCC(=O)N1CCCCC[C@H]1C. The summed E-state index contributed by atoms with van der Waals surface area (Å²) in [7, 11) is 0. The van der Waals surface area contributed by atoms with E-state index in [9.17, 15) is 9.59 Å². The van der Waals surface area contributed by atoms with E-state index < -0.39 is 0 Å².